The Morgan fingerprint density at radius 2 is 1.82 bits per heavy atom. The van der Waals surface area contributed by atoms with E-state index < -0.39 is 0 Å². The van der Waals surface area contributed by atoms with Crippen LogP contribution in [0.5, 0.6) is 0 Å². The number of carbonyl (C=O) groups is 1. The van der Waals surface area contributed by atoms with Gasteiger partial charge in [0.2, 0.25) is 0 Å². The third kappa shape index (κ3) is 4.34. The molecule has 10 heteroatoms. The highest BCUT2D eigenvalue weighted by atomic mass is 35.5. The molecule has 0 saturated carbocycles. The van der Waals surface area contributed by atoms with Crippen LogP contribution in [-0.4, -0.2) is 52.0 Å². The summed E-state index contributed by atoms with van der Waals surface area (Å²) in [7, 11) is 0. The minimum atomic E-state index is -0.214. The third-order valence-corrected chi connectivity index (χ3v) is 7.02. The first-order valence-electron chi connectivity index (χ1n) is 10.6. The summed E-state index contributed by atoms with van der Waals surface area (Å²) < 4.78 is 0. The van der Waals surface area contributed by atoms with Gasteiger partial charge in [-0.1, -0.05) is 17.7 Å². The highest BCUT2D eigenvalue weighted by Crippen LogP contribution is 2.36. The van der Waals surface area contributed by atoms with E-state index in [4.69, 9.17) is 16.6 Å². The molecule has 1 N–H and O–H groups in total. The van der Waals surface area contributed by atoms with Crippen LogP contribution in [-0.2, 0) is 0 Å². The van der Waals surface area contributed by atoms with Crippen molar-refractivity contribution in [2.45, 2.75) is 13.8 Å². The van der Waals surface area contributed by atoms with Crippen molar-refractivity contribution in [1.82, 2.24) is 19.9 Å². The van der Waals surface area contributed by atoms with Crippen LogP contribution in [0.2, 0.25) is 5.02 Å². The molecule has 0 bridgehead atoms. The number of piperazine rings is 1. The molecule has 1 aliphatic heterocycles. The Morgan fingerprint density at radius 1 is 1.03 bits per heavy atom. The zero-order valence-corrected chi connectivity index (χ0v) is 19.8. The van der Waals surface area contributed by atoms with Gasteiger partial charge in [-0.2, -0.15) is 0 Å². The summed E-state index contributed by atoms with van der Waals surface area (Å²) in [5.41, 5.74) is 0.878. The molecular weight excluding hydrogens is 458 g/mol. The van der Waals surface area contributed by atoms with Crippen molar-refractivity contribution < 1.29 is 4.79 Å². The van der Waals surface area contributed by atoms with Crippen molar-refractivity contribution in [1.29, 1.82) is 0 Å². The number of nitrogens with one attached hydrogen (secondary N) is 1. The molecule has 1 saturated heterocycles. The van der Waals surface area contributed by atoms with E-state index in [1.807, 2.05) is 38.2 Å². The summed E-state index contributed by atoms with van der Waals surface area (Å²) in [4.78, 5) is 37.0. The molecule has 1 aliphatic rings. The molecule has 1 fully saturated rings. The number of fused-ring (bicyclic) bond motifs is 1. The number of rotatable bonds is 4. The van der Waals surface area contributed by atoms with Crippen molar-refractivity contribution >= 4 is 56.5 Å². The number of nitrogens with zero attached hydrogens (tertiary/aromatic N) is 6. The minimum Gasteiger partial charge on any atom is -0.353 e. The Kier molecular flexibility index (Phi) is 5.82. The lowest BCUT2D eigenvalue weighted by Crippen LogP contribution is -2.47. The van der Waals surface area contributed by atoms with Gasteiger partial charge in [0.1, 0.15) is 28.1 Å². The highest BCUT2D eigenvalue weighted by Gasteiger charge is 2.25. The summed E-state index contributed by atoms with van der Waals surface area (Å²) in [6, 6.07) is 9.34. The first kappa shape index (κ1) is 21.5. The number of halogens is 1. The Hall–Kier alpha value is -3.30. The van der Waals surface area contributed by atoms with E-state index in [2.05, 4.69) is 30.1 Å². The van der Waals surface area contributed by atoms with Gasteiger partial charge in [0, 0.05) is 38.6 Å². The van der Waals surface area contributed by atoms with Crippen LogP contribution in [0.25, 0.3) is 10.2 Å². The average Bonchev–Trinajstić information content (AvgIpc) is 3.17. The van der Waals surface area contributed by atoms with E-state index in [9.17, 15) is 4.79 Å². The number of anilines is 3. The largest absolute Gasteiger partial charge is 0.353 e. The van der Waals surface area contributed by atoms with Crippen LogP contribution >= 0.6 is 22.9 Å². The average molecular weight is 480 g/mol. The third-order valence-electron chi connectivity index (χ3n) is 5.61. The molecule has 168 valence electrons. The van der Waals surface area contributed by atoms with E-state index in [1.54, 1.807) is 12.1 Å². The maximum Gasteiger partial charge on any atom is 0.267 e. The van der Waals surface area contributed by atoms with Crippen LogP contribution in [0.3, 0.4) is 0 Å². The molecule has 0 unspecified atom stereocenters. The minimum absolute atomic E-state index is 0.214. The molecule has 4 aromatic rings. The zero-order chi connectivity index (χ0) is 22.9. The molecule has 5 rings (SSSR count). The monoisotopic (exact) mass is 479 g/mol. The quantitative estimate of drug-likeness (QED) is 0.466. The second-order valence-corrected chi connectivity index (χ2v) is 9.24. The maximum atomic E-state index is 13.0. The molecule has 0 aliphatic carbocycles. The number of carbonyl (C=O) groups excluding carboxylic acids is 1. The highest BCUT2D eigenvalue weighted by molar-refractivity contribution is 7.20. The number of aromatic nitrogens is 4. The molecule has 8 nitrogen and oxygen atoms in total. The lowest BCUT2D eigenvalue weighted by Gasteiger charge is -2.36. The van der Waals surface area contributed by atoms with E-state index in [1.165, 1.54) is 17.5 Å². The van der Waals surface area contributed by atoms with Gasteiger partial charge < -0.3 is 15.1 Å². The Bertz CT molecular complexity index is 1300. The SMILES string of the molecule is Cc1nc(N2CCN(c3ccccn3)CC2)c2c(C)c(C(=O)Nc3ccc(Cl)cn3)sc2n1. The Balaban J connectivity index is 1.42. The summed E-state index contributed by atoms with van der Waals surface area (Å²) in [6.45, 7) is 7.16. The first-order chi connectivity index (χ1) is 16.0. The van der Waals surface area contributed by atoms with Gasteiger partial charge in [-0.15, -0.1) is 11.3 Å². The number of thiophene rings is 1. The smallest absolute Gasteiger partial charge is 0.267 e. The fraction of sp³-hybridized carbons (Fsp3) is 0.261. The van der Waals surface area contributed by atoms with Gasteiger partial charge in [-0.25, -0.2) is 19.9 Å². The molecule has 1 amide bonds. The predicted molar refractivity (Wildman–Crippen MR) is 133 cm³/mol. The number of pyridine rings is 2. The summed E-state index contributed by atoms with van der Waals surface area (Å²) in [6.07, 6.45) is 3.33. The topological polar surface area (TPSA) is 87.1 Å². The van der Waals surface area contributed by atoms with Crippen LogP contribution in [0, 0.1) is 13.8 Å². The number of hydrogen-bond acceptors (Lipinski definition) is 8. The van der Waals surface area contributed by atoms with Crippen molar-refractivity contribution in [2.75, 3.05) is 41.3 Å². The van der Waals surface area contributed by atoms with Gasteiger partial charge in [0.15, 0.2) is 0 Å². The first-order valence-corrected chi connectivity index (χ1v) is 11.8. The fourth-order valence-electron chi connectivity index (χ4n) is 3.98. The molecule has 0 spiro atoms. The van der Waals surface area contributed by atoms with Crippen LogP contribution in [0.15, 0.2) is 42.7 Å². The van der Waals surface area contributed by atoms with E-state index in [0.717, 1.165) is 53.6 Å². The normalized spacial score (nSPS) is 14.0. The van der Waals surface area contributed by atoms with Crippen molar-refractivity contribution in [2.24, 2.45) is 0 Å². The molecule has 5 heterocycles. The standard InChI is InChI=1S/C23H22ClN7OS/c1-14-19-21(31-11-9-30(10-12-31)18-5-3-4-8-25-18)27-15(2)28-23(19)33-20(14)22(32)29-17-7-6-16(24)13-26-17/h3-8,13H,9-12H2,1-2H3,(H,26,29,32). The van der Waals surface area contributed by atoms with Crippen molar-refractivity contribution in [3.05, 3.63) is 64.0 Å². The molecule has 0 radical (unpaired) electrons. The zero-order valence-electron chi connectivity index (χ0n) is 18.2. The number of hydrogen-bond donors (Lipinski definition) is 1. The second-order valence-electron chi connectivity index (χ2n) is 7.81. The molecular formula is C23H22ClN7OS. The van der Waals surface area contributed by atoms with E-state index in [0.29, 0.717) is 21.5 Å². The number of aryl methyl sites for hydroxylation is 2. The second kappa shape index (κ2) is 8.92. The lowest BCUT2D eigenvalue weighted by atomic mass is 10.1. The summed E-state index contributed by atoms with van der Waals surface area (Å²) in [5, 5.41) is 4.31. The molecule has 0 aromatic carbocycles. The van der Waals surface area contributed by atoms with E-state index in [-0.39, 0.29) is 5.91 Å². The molecule has 0 atom stereocenters. The molecule has 33 heavy (non-hydrogen) atoms. The molecule has 4 aromatic heterocycles. The maximum absolute atomic E-state index is 13.0. The van der Waals surface area contributed by atoms with Crippen LogP contribution < -0.4 is 15.1 Å². The fourth-order valence-corrected chi connectivity index (χ4v) is 5.21. The van der Waals surface area contributed by atoms with Crippen molar-refractivity contribution in [3.8, 4) is 0 Å². The lowest BCUT2D eigenvalue weighted by molar-refractivity contribution is 0.102. The van der Waals surface area contributed by atoms with Gasteiger partial charge >= 0.3 is 0 Å². The van der Waals surface area contributed by atoms with Gasteiger partial charge in [0.25, 0.3) is 5.91 Å². The van der Waals surface area contributed by atoms with Gasteiger partial charge in [-0.3, -0.25) is 4.79 Å². The predicted octanol–water partition coefficient (Wildman–Crippen LogP) is 4.33. The van der Waals surface area contributed by atoms with Crippen LogP contribution in [0.1, 0.15) is 21.1 Å². The Labute approximate surface area is 200 Å². The van der Waals surface area contributed by atoms with Gasteiger partial charge in [-0.05, 0) is 43.7 Å². The summed E-state index contributed by atoms with van der Waals surface area (Å²) >= 11 is 7.27. The van der Waals surface area contributed by atoms with E-state index >= 15 is 0 Å². The number of amides is 1. The van der Waals surface area contributed by atoms with Crippen molar-refractivity contribution in [3.63, 3.8) is 0 Å². The van der Waals surface area contributed by atoms with Crippen LogP contribution in [0.4, 0.5) is 17.5 Å². The Morgan fingerprint density at radius 3 is 2.52 bits per heavy atom. The van der Waals surface area contributed by atoms with Gasteiger partial charge in [0.05, 0.1) is 15.3 Å². The summed E-state index contributed by atoms with van der Waals surface area (Å²) in [5.74, 6) is 2.80.